The van der Waals surface area contributed by atoms with E-state index in [1.807, 2.05) is 26.0 Å². The Bertz CT molecular complexity index is 1300. The second-order valence-electron chi connectivity index (χ2n) is 7.83. The quantitative estimate of drug-likeness (QED) is 0.347. The Morgan fingerprint density at radius 1 is 1.03 bits per heavy atom. The van der Waals surface area contributed by atoms with Crippen LogP contribution < -0.4 is 10.9 Å². The average Bonchev–Trinajstić information content (AvgIpc) is 3.19. The number of nitrogens with zero attached hydrogens (tertiary/aromatic N) is 4. The van der Waals surface area contributed by atoms with Crippen molar-refractivity contribution in [1.82, 2.24) is 24.6 Å². The minimum atomic E-state index is -0.283. The van der Waals surface area contributed by atoms with Crippen LogP contribution in [0.25, 0.3) is 16.7 Å². The summed E-state index contributed by atoms with van der Waals surface area (Å²) in [5.41, 5.74) is 4.48. The van der Waals surface area contributed by atoms with E-state index in [1.54, 1.807) is 16.4 Å². The molecule has 1 N–H and O–H groups in total. The molecule has 0 saturated carbocycles. The van der Waals surface area contributed by atoms with Crippen LogP contribution in [0.1, 0.15) is 16.7 Å². The molecule has 164 valence electrons. The highest BCUT2D eigenvalue weighted by Gasteiger charge is 2.13. The third kappa shape index (κ3) is 4.91. The van der Waals surface area contributed by atoms with Crippen molar-refractivity contribution in [2.45, 2.75) is 32.2 Å². The molecule has 8 heteroatoms. The minimum absolute atomic E-state index is 0.0777. The minimum Gasteiger partial charge on any atom is -0.354 e. The van der Waals surface area contributed by atoms with E-state index in [4.69, 9.17) is 0 Å². The van der Waals surface area contributed by atoms with Crippen LogP contribution in [0, 0.1) is 20.8 Å². The predicted octanol–water partition coefficient (Wildman–Crippen LogP) is 3.42. The van der Waals surface area contributed by atoms with Crippen LogP contribution in [0.3, 0.4) is 0 Å². The van der Waals surface area contributed by atoms with E-state index in [-0.39, 0.29) is 18.0 Å². The number of carbonyl (C=O) groups is 1. The molecule has 0 atom stereocenters. The molecule has 7 nitrogen and oxygen atoms in total. The lowest BCUT2D eigenvalue weighted by Crippen LogP contribution is -2.33. The fourth-order valence-electron chi connectivity index (χ4n) is 3.53. The van der Waals surface area contributed by atoms with Gasteiger partial charge < -0.3 is 5.32 Å². The Balaban J connectivity index is 1.41. The zero-order valence-corrected chi connectivity index (χ0v) is 19.1. The topological polar surface area (TPSA) is 81.8 Å². The van der Waals surface area contributed by atoms with Crippen LogP contribution in [0.15, 0.2) is 64.7 Å². The average molecular weight is 448 g/mol. The van der Waals surface area contributed by atoms with Crippen molar-refractivity contribution in [3.8, 4) is 5.69 Å². The number of amides is 1. The third-order valence-corrected chi connectivity index (χ3v) is 6.05. The summed E-state index contributed by atoms with van der Waals surface area (Å²) in [6.07, 6.45) is 2.92. The molecule has 0 fully saturated rings. The molecule has 0 radical (unpaired) electrons. The fourth-order valence-corrected chi connectivity index (χ4v) is 4.30. The van der Waals surface area contributed by atoms with Crippen molar-refractivity contribution in [1.29, 1.82) is 0 Å². The SMILES string of the molecule is Cc1ccc(SCCNC(=O)Cn2cnc3c(cnn3-c3cc(C)cc(C)c3)c2=O)cc1. The van der Waals surface area contributed by atoms with Gasteiger partial charge in [0.05, 0.1) is 11.9 Å². The molecule has 0 unspecified atom stereocenters. The van der Waals surface area contributed by atoms with E-state index >= 15 is 0 Å². The normalized spacial score (nSPS) is 11.1. The molecule has 2 aromatic carbocycles. The molecule has 2 aromatic heterocycles. The number of nitrogens with one attached hydrogen (secondary N) is 1. The van der Waals surface area contributed by atoms with Gasteiger partial charge in [0, 0.05) is 17.2 Å². The number of aryl methyl sites for hydroxylation is 3. The zero-order valence-electron chi connectivity index (χ0n) is 18.3. The summed E-state index contributed by atoms with van der Waals surface area (Å²) in [5, 5.41) is 7.61. The lowest BCUT2D eigenvalue weighted by atomic mass is 10.1. The highest BCUT2D eigenvalue weighted by Crippen LogP contribution is 2.18. The lowest BCUT2D eigenvalue weighted by Gasteiger charge is -2.08. The van der Waals surface area contributed by atoms with Gasteiger partial charge in [-0.15, -0.1) is 11.8 Å². The summed E-state index contributed by atoms with van der Waals surface area (Å²) in [5.74, 6) is 0.531. The Hall–Kier alpha value is -3.39. The van der Waals surface area contributed by atoms with Gasteiger partial charge in [0.1, 0.15) is 18.3 Å². The number of rotatable bonds is 7. The monoisotopic (exact) mass is 447 g/mol. The van der Waals surface area contributed by atoms with Crippen molar-refractivity contribution >= 4 is 28.7 Å². The predicted molar refractivity (Wildman–Crippen MR) is 128 cm³/mol. The number of thioether (sulfide) groups is 1. The second-order valence-corrected chi connectivity index (χ2v) is 9.00. The highest BCUT2D eigenvalue weighted by molar-refractivity contribution is 7.99. The van der Waals surface area contributed by atoms with Crippen molar-refractivity contribution in [3.63, 3.8) is 0 Å². The first kappa shape index (κ1) is 21.8. The van der Waals surface area contributed by atoms with E-state index in [0.717, 1.165) is 27.5 Å². The smallest absolute Gasteiger partial charge is 0.264 e. The molecular formula is C24H25N5O2S. The van der Waals surface area contributed by atoms with Gasteiger partial charge in [0.25, 0.3) is 5.56 Å². The van der Waals surface area contributed by atoms with E-state index in [0.29, 0.717) is 17.6 Å². The number of carbonyl (C=O) groups excluding carboxylic acids is 1. The van der Waals surface area contributed by atoms with Gasteiger partial charge in [-0.3, -0.25) is 14.2 Å². The molecule has 4 rings (SSSR count). The van der Waals surface area contributed by atoms with E-state index in [2.05, 4.69) is 52.7 Å². The fraction of sp³-hybridized carbons (Fsp3) is 0.250. The van der Waals surface area contributed by atoms with Crippen molar-refractivity contribution < 1.29 is 4.79 Å². The first-order valence-electron chi connectivity index (χ1n) is 10.4. The van der Waals surface area contributed by atoms with E-state index in [9.17, 15) is 9.59 Å². The van der Waals surface area contributed by atoms with Crippen molar-refractivity contribution in [2.75, 3.05) is 12.3 Å². The molecule has 4 aromatic rings. The van der Waals surface area contributed by atoms with Gasteiger partial charge >= 0.3 is 0 Å². The van der Waals surface area contributed by atoms with Crippen LogP contribution >= 0.6 is 11.8 Å². The number of hydrogen-bond donors (Lipinski definition) is 1. The van der Waals surface area contributed by atoms with Crippen LogP contribution in [0.4, 0.5) is 0 Å². The molecule has 0 aliphatic carbocycles. The summed E-state index contributed by atoms with van der Waals surface area (Å²) in [6.45, 7) is 6.52. The molecule has 0 aliphatic rings. The Kier molecular flexibility index (Phi) is 6.41. The molecule has 2 heterocycles. The van der Waals surface area contributed by atoms with Gasteiger partial charge in [-0.1, -0.05) is 23.8 Å². The summed E-state index contributed by atoms with van der Waals surface area (Å²) < 4.78 is 2.97. The van der Waals surface area contributed by atoms with Crippen LogP contribution in [-0.4, -0.2) is 37.5 Å². The number of aromatic nitrogens is 4. The van der Waals surface area contributed by atoms with Crippen LogP contribution in [-0.2, 0) is 11.3 Å². The van der Waals surface area contributed by atoms with Gasteiger partial charge in [-0.25, -0.2) is 9.67 Å². The standard InChI is InChI=1S/C24H25N5O2S/c1-16-4-6-20(7-5-16)32-9-8-25-22(30)14-28-15-26-23-21(24(28)31)13-27-29(23)19-11-17(2)10-18(3)12-19/h4-7,10-13,15H,8-9,14H2,1-3H3,(H,25,30). The van der Waals surface area contributed by atoms with E-state index in [1.165, 1.54) is 22.7 Å². The zero-order chi connectivity index (χ0) is 22.7. The van der Waals surface area contributed by atoms with Gasteiger partial charge in [0.2, 0.25) is 5.91 Å². The molecule has 0 spiro atoms. The Morgan fingerprint density at radius 3 is 2.47 bits per heavy atom. The molecule has 0 aliphatic heterocycles. The Labute approximate surface area is 190 Å². The summed E-state index contributed by atoms with van der Waals surface area (Å²) in [7, 11) is 0. The highest BCUT2D eigenvalue weighted by atomic mass is 32.2. The van der Waals surface area contributed by atoms with Crippen LogP contribution in [0.2, 0.25) is 0 Å². The molecule has 32 heavy (non-hydrogen) atoms. The van der Waals surface area contributed by atoms with Crippen LogP contribution in [0.5, 0.6) is 0 Å². The van der Waals surface area contributed by atoms with Gasteiger partial charge in [-0.2, -0.15) is 5.10 Å². The number of benzene rings is 2. The third-order valence-electron chi connectivity index (χ3n) is 5.03. The molecular weight excluding hydrogens is 422 g/mol. The lowest BCUT2D eigenvalue weighted by molar-refractivity contribution is -0.121. The second kappa shape index (κ2) is 9.40. The van der Waals surface area contributed by atoms with Gasteiger partial charge in [-0.05, 0) is 56.2 Å². The first-order valence-corrected chi connectivity index (χ1v) is 11.4. The maximum atomic E-state index is 12.9. The summed E-state index contributed by atoms with van der Waals surface area (Å²) in [6, 6.07) is 14.3. The molecule has 0 bridgehead atoms. The molecule has 0 saturated heterocycles. The van der Waals surface area contributed by atoms with Crippen molar-refractivity contribution in [2.24, 2.45) is 0 Å². The number of hydrogen-bond acceptors (Lipinski definition) is 5. The Morgan fingerprint density at radius 2 is 1.75 bits per heavy atom. The first-order chi connectivity index (χ1) is 15.4. The molecule has 1 amide bonds. The maximum Gasteiger partial charge on any atom is 0.264 e. The number of fused-ring (bicyclic) bond motifs is 1. The van der Waals surface area contributed by atoms with Crippen molar-refractivity contribution in [3.05, 3.63) is 82.0 Å². The largest absolute Gasteiger partial charge is 0.354 e. The van der Waals surface area contributed by atoms with Gasteiger partial charge in [0.15, 0.2) is 5.65 Å². The van der Waals surface area contributed by atoms with E-state index < -0.39 is 0 Å². The maximum absolute atomic E-state index is 12.9. The summed E-state index contributed by atoms with van der Waals surface area (Å²) >= 11 is 1.68. The summed E-state index contributed by atoms with van der Waals surface area (Å²) in [4.78, 5) is 30.8.